The zero-order valence-electron chi connectivity index (χ0n) is 81.5. The minimum absolute atomic E-state index is 0.0413. The molecule has 12 aromatic carbocycles. The number of urea groups is 2. The van der Waals surface area contributed by atoms with Gasteiger partial charge in [0, 0.05) is 25.2 Å². The molecule has 6 aliphatic rings. The Hall–Kier alpha value is -13.7. The molecule has 722 valence electrons. The fourth-order valence-electron chi connectivity index (χ4n) is 19.4. The van der Waals surface area contributed by atoms with E-state index in [1.165, 1.54) is 124 Å². The Bertz CT molecular complexity index is 8220. The SMILES string of the molecule is CC1(C)c2ccccc2N(c2ccccc2)c2ccc(-c3ccc(-c4ccc(C=O)s4)c4n[se]nc34)cc21.CC1(C)c2ccccc2N(c2ccccc2)c2ccc(B3OC(C)(C)C(C)(C)O3)cc21.CN1C(=O)C(=Cc2ccc(-c3ccc(-c4ccc5c(c4)C(C)(C)c4ccccc4N5c4ccccc4)c4n[se]nc34)s2)C(=O)N(C)C1=O.CN1C(=O)CC(=O)N(C)C1=O.O=Cc1ccc(-c2ccc(Br)c3n[se]nc23)s1. The van der Waals surface area contributed by atoms with Crippen LogP contribution in [0, 0.1) is 0 Å². The van der Waals surface area contributed by atoms with Gasteiger partial charge in [0.2, 0.25) is 11.8 Å². The number of carbonyl (C=O) groups excluding carboxylic acids is 8. The first-order valence-corrected chi connectivity index (χ1v) is 54.6. The van der Waals surface area contributed by atoms with Crippen molar-refractivity contribution in [2.45, 2.75) is 103 Å². The molecule has 12 heterocycles. The van der Waals surface area contributed by atoms with E-state index in [-0.39, 0.29) is 91.4 Å². The molecule has 31 heteroatoms. The zero-order chi connectivity index (χ0) is 102. The van der Waals surface area contributed by atoms with Crippen molar-refractivity contribution in [3.63, 3.8) is 0 Å². The van der Waals surface area contributed by atoms with Crippen LogP contribution in [0.25, 0.3) is 92.8 Å². The summed E-state index contributed by atoms with van der Waals surface area (Å²) in [6, 6.07) is 101. The Morgan fingerprint density at radius 1 is 0.331 bits per heavy atom. The number of likely N-dealkylation sites (N-methyl/N-ethyl adjacent to an activating group) is 2. The van der Waals surface area contributed by atoms with E-state index in [4.69, 9.17) is 25.2 Å². The van der Waals surface area contributed by atoms with Gasteiger partial charge in [-0.3, -0.25) is 19.4 Å². The molecule has 24 rings (SSSR count). The van der Waals surface area contributed by atoms with Crippen LogP contribution in [0.4, 0.5) is 60.8 Å². The van der Waals surface area contributed by atoms with Crippen LogP contribution < -0.4 is 20.2 Å². The van der Waals surface area contributed by atoms with Gasteiger partial charge in [0.1, 0.15) is 6.42 Å². The molecule has 0 unspecified atom stereocenters. The van der Waals surface area contributed by atoms with Crippen LogP contribution in [-0.4, -0.2) is 183 Å². The summed E-state index contributed by atoms with van der Waals surface area (Å²) in [6.45, 7) is 22.2. The first-order chi connectivity index (χ1) is 69.6. The summed E-state index contributed by atoms with van der Waals surface area (Å²) in [5.41, 5.74) is 31.0. The Kier molecular flexibility index (Phi) is 26.8. The molecule has 145 heavy (non-hydrogen) atoms. The third-order valence-corrected chi connectivity index (χ3v) is 35.2. The summed E-state index contributed by atoms with van der Waals surface area (Å²) in [5, 5.41) is 0. The van der Waals surface area contributed by atoms with Crippen molar-refractivity contribution in [2.75, 3.05) is 42.9 Å². The van der Waals surface area contributed by atoms with Crippen LogP contribution in [0.15, 0.2) is 301 Å². The Balaban J connectivity index is 0.000000118. The van der Waals surface area contributed by atoms with Gasteiger partial charge in [-0.05, 0) is 68.6 Å². The number of halogens is 1. The number of anilines is 9. The number of benzene rings is 12. The minimum atomic E-state index is -0.641. The van der Waals surface area contributed by atoms with Crippen LogP contribution in [0.1, 0.15) is 133 Å². The molecule has 3 saturated heterocycles. The number of carbonyl (C=O) groups is 8. The fourth-order valence-corrected chi connectivity index (χ4v) is 26.4. The van der Waals surface area contributed by atoms with Gasteiger partial charge in [-0.15, -0.1) is 0 Å². The predicted octanol–water partition coefficient (Wildman–Crippen LogP) is 24.1. The van der Waals surface area contributed by atoms with Crippen LogP contribution in [0.3, 0.4) is 0 Å². The van der Waals surface area contributed by atoms with Crippen molar-refractivity contribution < 1.29 is 47.7 Å². The normalized spacial score (nSPS) is 15.9. The van der Waals surface area contributed by atoms with Crippen LogP contribution >= 0.6 is 49.9 Å². The number of hydrogen-bond acceptors (Lipinski definition) is 22. The molecule has 23 nitrogen and oxygen atoms in total. The van der Waals surface area contributed by atoms with Gasteiger partial charge in [0.15, 0.2) is 0 Å². The number of rotatable bonds is 12. The molecule has 0 N–H and O–H groups in total. The molecular formula is C114H95BBrN13O10S3Se3. The Morgan fingerprint density at radius 2 is 0.641 bits per heavy atom. The second kappa shape index (κ2) is 39.3. The molecule has 0 atom stereocenters. The van der Waals surface area contributed by atoms with E-state index < -0.39 is 35.7 Å². The van der Waals surface area contributed by atoms with Gasteiger partial charge < -0.3 is 14.2 Å². The maximum atomic E-state index is 12.7. The van der Waals surface area contributed by atoms with E-state index in [2.05, 4.69) is 344 Å². The third kappa shape index (κ3) is 18.0. The van der Waals surface area contributed by atoms with Gasteiger partial charge in [0.05, 0.1) is 22.6 Å². The molecule has 6 aliphatic heterocycles. The summed E-state index contributed by atoms with van der Waals surface area (Å²) in [5.74, 6) is -2.11. The van der Waals surface area contributed by atoms with Crippen LogP contribution in [0.5, 0.6) is 0 Å². The average molecular weight is 2230 g/mol. The number of hydrogen-bond donors (Lipinski definition) is 0. The molecule has 0 radical (unpaired) electrons. The number of imide groups is 4. The summed E-state index contributed by atoms with van der Waals surface area (Å²) in [7, 11) is 5.09. The van der Waals surface area contributed by atoms with E-state index in [0.717, 1.165) is 166 Å². The molecular weight excluding hydrogens is 2140 g/mol. The molecule has 0 spiro atoms. The van der Waals surface area contributed by atoms with Crippen LogP contribution in [0.2, 0.25) is 0 Å². The van der Waals surface area contributed by atoms with Gasteiger partial charge >= 0.3 is 651 Å². The third-order valence-electron chi connectivity index (χ3n) is 28.1. The van der Waals surface area contributed by atoms with Crippen molar-refractivity contribution in [2.24, 2.45) is 0 Å². The maximum absolute atomic E-state index is 12.7. The second-order valence-corrected chi connectivity index (χ2v) is 45.9. The van der Waals surface area contributed by atoms with Gasteiger partial charge in [0.25, 0.3) is 0 Å². The average Bonchev–Trinajstić information content (AvgIpc) is 1.18. The number of amides is 8. The number of fused-ring (bicyclic) bond motifs is 9. The number of aldehydes is 2. The van der Waals surface area contributed by atoms with Crippen molar-refractivity contribution >= 4 is 246 Å². The molecule has 6 aromatic heterocycles. The standard InChI is InChI=1S/C38H29N5O3SSe.C32H23N3OSSe.C27H30BNO2.C11H5BrN2OSSe.C6H8N2O3/c1-38(2)28-12-8-9-13-30(28)43(23-10-6-5-7-11-23)31-18-14-22(20-29(31)38)25-16-17-26(34-33(25)39-48-40-34)32-19-15-24(47-32)21-27-35(44)41(3)37(46)42(4)36(27)45;1-32(2)25-10-6-7-11-27(25)35(21-8-4-3-5-9-21)28-16-12-20(18-26(28)32)23-14-15-24(31-30(23)33-38-34-31)29-17-13-22(19-36)37-29;1-25(2)21-14-10-11-15-23(21)29(20-12-8-7-9-13-20)24-17-16-19(18-22(24)25)28-30-26(3,4)27(5,6)31-28;12-8-3-2-7(10-11(8)14-17-13-10)9-4-1-6(5-15)16-9;1-7-4(9)3-5(10)8(2)6(7)11/h5-21H,1-4H3;3-19H,1-2H3;7-18H,1-6H3;1-5H;3H2,1-2H3. The quantitative estimate of drug-likeness (QED) is 0.0362. The van der Waals surface area contributed by atoms with Gasteiger partial charge in [-0.25, -0.2) is 4.79 Å². The van der Waals surface area contributed by atoms with Crippen LogP contribution in [-0.2, 0) is 44.7 Å². The van der Waals surface area contributed by atoms with E-state index in [1.807, 2.05) is 54.6 Å². The van der Waals surface area contributed by atoms with Gasteiger partial charge in [-0.1, -0.05) is 62.4 Å². The Labute approximate surface area is 878 Å². The van der Waals surface area contributed by atoms with Crippen molar-refractivity contribution in [3.8, 4) is 53.6 Å². The molecule has 3 fully saturated rings. The monoisotopic (exact) mass is 2230 g/mol. The summed E-state index contributed by atoms with van der Waals surface area (Å²) >= 11 is 7.42. The predicted molar refractivity (Wildman–Crippen MR) is 586 cm³/mol. The van der Waals surface area contributed by atoms with Gasteiger partial charge in [-0.2, -0.15) is 0 Å². The second-order valence-electron chi connectivity index (χ2n) is 38.3. The molecule has 0 bridgehead atoms. The van der Waals surface area contributed by atoms with E-state index >= 15 is 0 Å². The van der Waals surface area contributed by atoms with E-state index in [1.54, 1.807) is 6.08 Å². The van der Waals surface area contributed by atoms with Crippen molar-refractivity contribution in [3.05, 3.63) is 349 Å². The first-order valence-electron chi connectivity index (χ1n) is 46.8. The topological polar surface area (TPSA) is 255 Å². The molecule has 0 aliphatic carbocycles. The Morgan fingerprint density at radius 3 is 1.03 bits per heavy atom. The van der Waals surface area contributed by atoms with Crippen molar-refractivity contribution in [1.29, 1.82) is 0 Å². The molecule has 0 saturated carbocycles. The van der Waals surface area contributed by atoms with Crippen molar-refractivity contribution in [1.82, 2.24) is 43.5 Å². The summed E-state index contributed by atoms with van der Waals surface area (Å²) < 4.78 is 42.0. The summed E-state index contributed by atoms with van der Waals surface area (Å²) in [4.78, 5) is 108. The molecule has 8 amide bonds. The van der Waals surface area contributed by atoms with E-state index in [9.17, 15) is 38.4 Å². The number of barbiturate groups is 2. The van der Waals surface area contributed by atoms with E-state index in [0.29, 0.717) is 0 Å². The number of nitrogens with zero attached hydrogens (tertiary/aromatic N) is 13. The first kappa shape index (κ1) is 98.6. The zero-order valence-corrected chi connectivity index (χ0v) is 90.6. The number of thiophene rings is 3. The number of para-hydroxylation sites is 6. The summed E-state index contributed by atoms with van der Waals surface area (Å²) in [6.07, 6.45) is 3.13. The number of aromatic nitrogens is 6. The fraction of sp³-hybridized carbons (Fsp3) is 0.175. The molecule has 18 aromatic rings.